The zero-order chi connectivity index (χ0) is 21.0. The number of benzene rings is 2. The molecule has 1 aliphatic heterocycles. The van der Waals surface area contributed by atoms with E-state index in [1.54, 1.807) is 12.1 Å². The largest absolute Gasteiger partial charge is 0.485 e. The van der Waals surface area contributed by atoms with E-state index in [9.17, 15) is 14.0 Å². The van der Waals surface area contributed by atoms with E-state index in [-0.39, 0.29) is 31.0 Å². The minimum absolute atomic E-state index is 0.116. The van der Waals surface area contributed by atoms with Gasteiger partial charge in [-0.1, -0.05) is 30.3 Å². The summed E-state index contributed by atoms with van der Waals surface area (Å²) in [5, 5.41) is 0. The summed E-state index contributed by atoms with van der Waals surface area (Å²) in [6, 6.07) is 11.5. The van der Waals surface area contributed by atoms with Gasteiger partial charge in [-0.25, -0.2) is 9.18 Å². The molecule has 2 aromatic rings. The minimum Gasteiger partial charge on any atom is -0.485 e. The van der Waals surface area contributed by atoms with Crippen molar-refractivity contribution in [2.24, 2.45) is 0 Å². The van der Waals surface area contributed by atoms with E-state index in [0.29, 0.717) is 6.42 Å². The molecule has 0 aromatic heterocycles. The van der Waals surface area contributed by atoms with Crippen LogP contribution in [0, 0.1) is 19.7 Å². The van der Waals surface area contributed by atoms with Crippen molar-refractivity contribution in [2.45, 2.75) is 45.3 Å². The van der Waals surface area contributed by atoms with Crippen LogP contribution < -0.4 is 4.74 Å². The highest BCUT2D eigenvalue weighted by molar-refractivity contribution is 5.85. The molecule has 2 aromatic carbocycles. The number of rotatable bonds is 6. The van der Waals surface area contributed by atoms with Gasteiger partial charge in [0.05, 0.1) is 13.7 Å². The highest BCUT2D eigenvalue weighted by Gasteiger charge is 2.41. The zero-order valence-electron chi connectivity index (χ0n) is 17.0. The molecule has 2 atom stereocenters. The van der Waals surface area contributed by atoms with Gasteiger partial charge < -0.3 is 14.4 Å². The highest BCUT2D eigenvalue weighted by Crippen LogP contribution is 2.26. The molecule has 0 radical (unpaired) electrons. The van der Waals surface area contributed by atoms with Gasteiger partial charge in [0.1, 0.15) is 12.1 Å². The molecule has 2 unspecified atom stereocenters. The van der Waals surface area contributed by atoms with Gasteiger partial charge in [0.15, 0.2) is 11.6 Å². The minimum atomic E-state index is -0.718. The first-order valence-corrected chi connectivity index (χ1v) is 9.73. The Bertz CT molecular complexity index is 898. The third-order valence-electron chi connectivity index (χ3n) is 5.39. The molecular formula is C23H26FNO4. The van der Waals surface area contributed by atoms with Crippen LogP contribution in [0.15, 0.2) is 42.5 Å². The molecule has 1 heterocycles. The number of para-hydroxylation sites is 1. The number of carbonyl (C=O) groups excluding carboxylic acids is 2. The number of methoxy groups -OCH3 is 1. The van der Waals surface area contributed by atoms with Crippen LogP contribution in [0.2, 0.25) is 0 Å². The van der Waals surface area contributed by atoms with Gasteiger partial charge in [-0.2, -0.15) is 0 Å². The SMILES string of the molecule is COC(=O)C1CC(Oc2ccccc2F)CN1C(=O)CCc1ccc(C)c(C)c1. The molecule has 29 heavy (non-hydrogen) atoms. The second-order valence-corrected chi connectivity index (χ2v) is 7.41. The molecule has 0 aliphatic carbocycles. The molecule has 6 heteroatoms. The molecule has 1 fully saturated rings. The van der Waals surface area contributed by atoms with Crippen LogP contribution in [0.3, 0.4) is 0 Å². The Morgan fingerprint density at radius 1 is 1.14 bits per heavy atom. The van der Waals surface area contributed by atoms with Gasteiger partial charge in [0.25, 0.3) is 0 Å². The lowest BCUT2D eigenvalue weighted by molar-refractivity contribution is -0.150. The normalized spacial score (nSPS) is 18.6. The predicted octanol–water partition coefficient (Wildman–Crippen LogP) is 3.60. The number of amides is 1. The van der Waals surface area contributed by atoms with Crippen LogP contribution in [-0.2, 0) is 20.7 Å². The van der Waals surface area contributed by atoms with Crippen molar-refractivity contribution in [3.05, 3.63) is 65.0 Å². The van der Waals surface area contributed by atoms with Gasteiger partial charge in [0, 0.05) is 12.8 Å². The molecule has 1 saturated heterocycles. The molecule has 0 spiro atoms. The maximum atomic E-state index is 13.9. The Labute approximate surface area is 170 Å². The number of likely N-dealkylation sites (tertiary alicyclic amines) is 1. The van der Waals surface area contributed by atoms with Gasteiger partial charge in [0.2, 0.25) is 5.91 Å². The van der Waals surface area contributed by atoms with E-state index >= 15 is 0 Å². The molecule has 0 bridgehead atoms. The topological polar surface area (TPSA) is 55.8 Å². The van der Waals surface area contributed by atoms with Crippen LogP contribution in [0.1, 0.15) is 29.5 Å². The molecule has 3 rings (SSSR count). The summed E-state index contributed by atoms with van der Waals surface area (Å²) in [5.41, 5.74) is 3.47. The maximum absolute atomic E-state index is 13.9. The summed E-state index contributed by atoms with van der Waals surface area (Å²) in [5.74, 6) is -0.977. The number of nitrogens with zero attached hydrogens (tertiary/aromatic N) is 1. The quantitative estimate of drug-likeness (QED) is 0.697. The molecular weight excluding hydrogens is 373 g/mol. The van der Waals surface area contributed by atoms with Crippen LogP contribution in [0.25, 0.3) is 0 Å². The van der Waals surface area contributed by atoms with Gasteiger partial charge in [-0.3, -0.25) is 4.79 Å². The number of ether oxygens (including phenoxy) is 2. The summed E-state index contributed by atoms with van der Waals surface area (Å²) in [6.45, 7) is 4.31. The number of carbonyl (C=O) groups is 2. The van der Waals surface area contributed by atoms with Crippen LogP contribution in [0.4, 0.5) is 4.39 Å². The lowest BCUT2D eigenvalue weighted by Gasteiger charge is -2.22. The van der Waals surface area contributed by atoms with E-state index in [0.717, 1.165) is 5.56 Å². The number of halogens is 1. The number of hydrogen-bond donors (Lipinski definition) is 0. The second kappa shape index (κ2) is 9.07. The standard InChI is InChI=1S/C23H26FNO4/c1-15-8-9-17(12-16(15)2)10-11-22(26)25-14-18(13-20(25)23(27)28-3)29-21-7-5-4-6-19(21)24/h4-9,12,18,20H,10-11,13-14H2,1-3H3. The lowest BCUT2D eigenvalue weighted by Crippen LogP contribution is -2.41. The van der Waals surface area contributed by atoms with Crippen LogP contribution >= 0.6 is 0 Å². The summed E-state index contributed by atoms with van der Waals surface area (Å²) < 4.78 is 24.5. The van der Waals surface area contributed by atoms with Crippen molar-refractivity contribution in [3.8, 4) is 5.75 Å². The van der Waals surface area contributed by atoms with Crippen molar-refractivity contribution in [3.63, 3.8) is 0 Å². The Kier molecular flexibility index (Phi) is 6.52. The number of aryl methyl sites for hydroxylation is 3. The number of hydrogen-bond acceptors (Lipinski definition) is 4. The average Bonchev–Trinajstić information content (AvgIpc) is 3.14. The van der Waals surface area contributed by atoms with Crippen LogP contribution in [0.5, 0.6) is 5.75 Å². The Hall–Kier alpha value is -2.89. The van der Waals surface area contributed by atoms with Gasteiger partial charge in [-0.05, 0) is 49.1 Å². The maximum Gasteiger partial charge on any atom is 0.328 e. The van der Waals surface area contributed by atoms with Crippen LogP contribution in [-0.4, -0.2) is 42.6 Å². The van der Waals surface area contributed by atoms with E-state index < -0.39 is 23.9 Å². The Morgan fingerprint density at radius 2 is 1.90 bits per heavy atom. The zero-order valence-corrected chi connectivity index (χ0v) is 17.0. The highest BCUT2D eigenvalue weighted by atomic mass is 19.1. The second-order valence-electron chi connectivity index (χ2n) is 7.41. The molecule has 5 nitrogen and oxygen atoms in total. The summed E-state index contributed by atoms with van der Waals surface area (Å²) in [7, 11) is 1.30. The molecule has 1 amide bonds. The van der Waals surface area contributed by atoms with Gasteiger partial charge >= 0.3 is 5.97 Å². The lowest BCUT2D eigenvalue weighted by atomic mass is 10.0. The summed E-state index contributed by atoms with van der Waals surface area (Å²) >= 11 is 0. The number of esters is 1. The van der Waals surface area contributed by atoms with E-state index in [2.05, 4.69) is 6.07 Å². The van der Waals surface area contributed by atoms with Crippen molar-refractivity contribution < 1.29 is 23.5 Å². The Balaban J connectivity index is 1.67. The van der Waals surface area contributed by atoms with E-state index in [1.165, 1.54) is 35.3 Å². The van der Waals surface area contributed by atoms with E-state index in [4.69, 9.17) is 9.47 Å². The first-order chi connectivity index (χ1) is 13.9. The van der Waals surface area contributed by atoms with Crippen molar-refractivity contribution in [2.75, 3.05) is 13.7 Å². The van der Waals surface area contributed by atoms with Gasteiger partial charge in [-0.15, -0.1) is 0 Å². The first kappa shape index (κ1) is 20.8. The molecule has 1 aliphatic rings. The third kappa shape index (κ3) is 4.94. The van der Waals surface area contributed by atoms with Crippen molar-refractivity contribution in [1.29, 1.82) is 0 Å². The first-order valence-electron chi connectivity index (χ1n) is 9.73. The molecule has 0 saturated carbocycles. The fourth-order valence-corrected chi connectivity index (χ4v) is 3.59. The third-order valence-corrected chi connectivity index (χ3v) is 5.39. The fourth-order valence-electron chi connectivity index (χ4n) is 3.59. The summed E-state index contributed by atoms with van der Waals surface area (Å²) in [6.07, 6.45) is 0.670. The van der Waals surface area contributed by atoms with E-state index in [1.807, 2.05) is 26.0 Å². The smallest absolute Gasteiger partial charge is 0.328 e. The monoisotopic (exact) mass is 399 g/mol. The van der Waals surface area contributed by atoms with Crippen molar-refractivity contribution in [1.82, 2.24) is 4.90 Å². The predicted molar refractivity (Wildman–Crippen MR) is 107 cm³/mol. The fraction of sp³-hybridized carbons (Fsp3) is 0.391. The molecule has 0 N–H and O–H groups in total. The summed E-state index contributed by atoms with van der Waals surface area (Å²) in [4.78, 5) is 26.6. The Morgan fingerprint density at radius 3 is 2.59 bits per heavy atom. The average molecular weight is 399 g/mol. The van der Waals surface area contributed by atoms with Crippen molar-refractivity contribution >= 4 is 11.9 Å². The molecule has 154 valence electrons.